The molecule has 0 spiro atoms. The molecule has 1 fully saturated rings. The van der Waals surface area contributed by atoms with E-state index in [0.29, 0.717) is 19.4 Å². The molecule has 5 heteroatoms. The van der Waals surface area contributed by atoms with Crippen LogP contribution in [0.1, 0.15) is 47.5 Å². The fourth-order valence-electron chi connectivity index (χ4n) is 2.63. The first-order valence-electron chi connectivity index (χ1n) is 7.16. The first kappa shape index (κ1) is 16.8. The summed E-state index contributed by atoms with van der Waals surface area (Å²) in [6, 6.07) is 0. The Labute approximate surface area is 122 Å². The van der Waals surface area contributed by atoms with Gasteiger partial charge < -0.3 is 14.5 Å². The number of nitrogens with zero attached hydrogens (tertiary/aromatic N) is 2. The molecule has 1 aliphatic rings. The molecule has 20 heavy (non-hydrogen) atoms. The van der Waals surface area contributed by atoms with Crippen molar-refractivity contribution in [2.24, 2.45) is 5.92 Å². The molecule has 0 aromatic rings. The fourth-order valence-corrected chi connectivity index (χ4v) is 2.63. The SMILES string of the molecule is CN(C)C(=O)C1CCN(C(=O)OC(C)(C)C)C(C)(C)C1. The maximum atomic E-state index is 12.2. The van der Waals surface area contributed by atoms with E-state index in [1.165, 1.54) is 0 Å². The van der Waals surface area contributed by atoms with E-state index >= 15 is 0 Å². The molecule has 1 saturated heterocycles. The van der Waals surface area contributed by atoms with E-state index in [0.717, 1.165) is 0 Å². The van der Waals surface area contributed by atoms with Crippen LogP contribution in [0.15, 0.2) is 0 Å². The number of hydrogen-bond acceptors (Lipinski definition) is 3. The van der Waals surface area contributed by atoms with Gasteiger partial charge in [0.05, 0.1) is 0 Å². The third kappa shape index (κ3) is 4.12. The van der Waals surface area contributed by atoms with Gasteiger partial charge in [0.25, 0.3) is 0 Å². The second-order valence-corrected chi connectivity index (χ2v) is 7.37. The Hall–Kier alpha value is -1.26. The van der Waals surface area contributed by atoms with E-state index in [2.05, 4.69) is 0 Å². The molecule has 0 bridgehead atoms. The van der Waals surface area contributed by atoms with Gasteiger partial charge in [-0.3, -0.25) is 4.79 Å². The van der Waals surface area contributed by atoms with Crippen molar-refractivity contribution >= 4 is 12.0 Å². The van der Waals surface area contributed by atoms with Gasteiger partial charge >= 0.3 is 6.09 Å². The van der Waals surface area contributed by atoms with Crippen molar-refractivity contribution in [1.82, 2.24) is 9.80 Å². The summed E-state index contributed by atoms with van der Waals surface area (Å²) in [7, 11) is 3.55. The van der Waals surface area contributed by atoms with Gasteiger partial charge in [0, 0.05) is 32.1 Å². The van der Waals surface area contributed by atoms with Crippen molar-refractivity contribution in [1.29, 1.82) is 0 Å². The molecule has 2 amide bonds. The zero-order valence-corrected chi connectivity index (χ0v) is 13.8. The predicted octanol–water partition coefficient (Wildman–Crippen LogP) is 2.50. The maximum absolute atomic E-state index is 12.2. The Bertz CT molecular complexity index is 383. The van der Waals surface area contributed by atoms with Crippen molar-refractivity contribution in [2.45, 2.75) is 58.6 Å². The predicted molar refractivity (Wildman–Crippen MR) is 78.4 cm³/mol. The van der Waals surface area contributed by atoms with Gasteiger partial charge in [0.1, 0.15) is 5.60 Å². The molecule has 0 aliphatic carbocycles. The Kier molecular flexibility index (Phi) is 4.72. The third-order valence-electron chi connectivity index (χ3n) is 3.58. The van der Waals surface area contributed by atoms with E-state index in [1.54, 1.807) is 23.9 Å². The smallest absolute Gasteiger partial charge is 0.410 e. The highest BCUT2D eigenvalue weighted by molar-refractivity contribution is 5.79. The Morgan fingerprint density at radius 3 is 2.20 bits per heavy atom. The monoisotopic (exact) mass is 284 g/mol. The Morgan fingerprint density at radius 2 is 1.80 bits per heavy atom. The first-order valence-corrected chi connectivity index (χ1v) is 7.16. The second kappa shape index (κ2) is 5.62. The lowest BCUT2D eigenvalue weighted by Crippen LogP contribution is -2.55. The zero-order valence-electron chi connectivity index (χ0n) is 13.8. The first-order chi connectivity index (χ1) is 8.94. The van der Waals surface area contributed by atoms with Crippen LogP contribution in [0.2, 0.25) is 0 Å². The minimum Gasteiger partial charge on any atom is -0.444 e. The lowest BCUT2D eigenvalue weighted by Gasteiger charge is -2.45. The van der Waals surface area contributed by atoms with Crippen molar-refractivity contribution in [3.63, 3.8) is 0 Å². The molecule has 0 aromatic carbocycles. The van der Waals surface area contributed by atoms with Crippen LogP contribution in [-0.2, 0) is 9.53 Å². The number of likely N-dealkylation sites (tertiary alicyclic amines) is 1. The van der Waals surface area contributed by atoms with Gasteiger partial charge in [-0.2, -0.15) is 0 Å². The quantitative estimate of drug-likeness (QED) is 0.743. The topological polar surface area (TPSA) is 49.9 Å². The van der Waals surface area contributed by atoms with Gasteiger partial charge in [-0.05, 0) is 47.5 Å². The number of amides is 2. The molecule has 5 nitrogen and oxygen atoms in total. The van der Waals surface area contributed by atoms with Crippen LogP contribution in [0.5, 0.6) is 0 Å². The minimum atomic E-state index is -0.497. The molecule has 1 aliphatic heterocycles. The van der Waals surface area contributed by atoms with Gasteiger partial charge in [0.15, 0.2) is 0 Å². The summed E-state index contributed by atoms with van der Waals surface area (Å²) in [5.41, 5.74) is -0.861. The molecular weight excluding hydrogens is 256 g/mol. The van der Waals surface area contributed by atoms with Crippen LogP contribution in [-0.4, -0.2) is 53.6 Å². The molecule has 1 heterocycles. The Balaban J connectivity index is 2.76. The number of ether oxygens (including phenoxy) is 1. The number of hydrogen-bond donors (Lipinski definition) is 0. The highest BCUT2D eigenvalue weighted by atomic mass is 16.6. The van der Waals surface area contributed by atoms with E-state index < -0.39 is 5.60 Å². The van der Waals surface area contributed by atoms with Crippen LogP contribution >= 0.6 is 0 Å². The third-order valence-corrected chi connectivity index (χ3v) is 3.58. The summed E-state index contributed by atoms with van der Waals surface area (Å²) in [4.78, 5) is 27.7. The van der Waals surface area contributed by atoms with Crippen LogP contribution in [0, 0.1) is 5.92 Å². The largest absolute Gasteiger partial charge is 0.444 e. The molecule has 0 N–H and O–H groups in total. The minimum absolute atomic E-state index is 0.0151. The van der Waals surface area contributed by atoms with Crippen molar-refractivity contribution in [2.75, 3.05) is 20.6 Å². The van der Waals surface area contributed by atoms with E-state index in [9.17, 15) is 9.59 Å². The van der Waals surface area contributed by atoms with Crippen LogP contribution in [0.4, 0.5) is 4.79 Å². The van der Waals surface area contributed by atoms with Gasteiger partial charge in [0.2, 0.25) is 5.91 Å². The maximum Gasteiger partial charge on any atom is 0.410 e. The summed E-state index contributed by atoms with van der Waals surface area (Å²) in [5.74, 6) is 0.126. The van der Waals surface area contributed by atoms with E-state index in [1.807, 2.05) is 34.6 Å². The van der Waals surface area contributed by atoms with E-state index in [4.69, 9.17) is 4.74 Å². The van der Waals surface area contributed by atoms with Crippen LogP contribution < -0.4 is 0 Å². The highest BCUT2D eigenvalue weighted by Crippen LogP contribution is 2.33. The molecule has 0 saturated carbocycles. The Morgan fingerprint density at radius 1 is 1.25 bits per heavy atom. The van der Waals surface area contributed by atoms with Gasteiger partial charge in [-0.25, -0.2) is 4.79 Å². The van der Waals surface area contributed by atoms with Gasteiger partial charge in [-0.1, -0.05) is 0 Å². The summed E-state index contributed by atoms with van der Waals surface area (Å²) < 4.78 is 5.45. The van der Waals surface area contributed by atoms with Gasteiger partial charge in [-0.15, -0.1) is 0 Å². The average Bonchev–Trinajstić information content (AvgIpc) is 2.23. The zero-order chi connectivity index (χ0) is 15.7. The van der Waals surface area contributed by atoms with E-state index in [-0.39, 0.29) is 23.5 Å². The molecule has 1 unspecified atom stereocenters. The molecule has 1 rings (SSSR count). The fraction of sp³-hybridized carbons (Fsp3) is 0.867. The highest BCUT2D eigenvalue weighted by Gasteiger charge is 2.41. The lowest BCUT2D eigenvalue weighted by atomic mass is 9.82. The number of carbonyl (C=O) groups excluding carboxylic acids is 2. The summed E-state index contributed by atoms with van der Waals surface area (Å²) in [6.07, 6.45) is 1.07. The number of rotatable bonds is 1. The van der Waals surface area contributed by atoms with Crippen molar-refractivity contribution in [3.05, 3.63) is 0 Å². The summed E-state index contributed by atoms with van der Waals surface area (Å²) in [6.45, 7) is 10.1. The normalized spacial score (nSPS) is 22.4. The molecule has 1 atom stereocenters. The molecular formula is C15H28N2O3. The van der Waals surface area contributed by atoms with Crippen LogP contribution in [0.3, 0.4) is 0 Å². The summed E-state index contributed by atoms with van der Waals surface area (Å²) in [5, 5.41) is 0. The molecule has 0 aromatic heterocycles. The van der Waals surface area contributed by atoms with Crippen molar-refractivity contribution in [3.8, 4) is 0 Å². The second-order valence-electron chi connectivity index (χ2n) is 7.37. The number of carbonyl (C=O) groups is 2. The molecule has 116 valence electrons. The number of piperidine rings is 1. The molecule has 0 radical (unpaired) electrons. The van der Waals surface area contributed by atoms with Crippen LogP contribution in [0.25, 0.3) is 0 Å². The summed E-state index contributed by atoms with van der Waals surface area (Å²) >= 11 is 0. The van der Waals surface area contributed by atoms with Crippen molar-refractivity contribution < 1.29 is 14.3 Å². The average molecular weight is 284 g/mol. The standard InChI is InChI=1S/C15H28N2O3/c1-14(2,3)20-13(19)17-9-8-11(10-15(17,4)5)12(18)16(6)7/h11H,8-10H2,1-7H3. The lowest BCUT2D eigenvalue weighted by molar-refractivity contribution is -0.136.